The van der Waals surface area contributed by atoms with E-state index in [4.69, 9.17) is 9.47 Å². The fourth-order valence-electron chi connectivity index (χ4n) is 4.55. The van der Waals surface area contributed by atoms with Gasteiger partial charge in [-0.05, 0) is 50.1 Å². The number of methoxy groups -OCH3 is 1. The van der Waals surface area contributed by atoms with Crippen molar-refractivity contribution in [2.45, 2.75) is 45.3 Å². The minimum Gasteiger partial charge on any atom is -0.491 e. The van der Waals surface area contributed by atoms with E-state index in [9.17, 15) is 14.4 Å². The van der Waals surface area contributed by atoms with Gasteiger partial charge in [-0.25, -0.2) is 0 Å². The summed E-state index contributed by atoms with van der Waals surface area (Å²) >= 11 is 0. The first-order chi connectivity index (χ1) is 17.8. The van der Waals surface area contributed by atoms with Crippen LogP contribution in [0, 0.1) is 11.8 Å². The summed E-state index contributed by atoms with van der Waals surface area (Å²) in [6, 6.07) is 10.4. The molecule has 0 radical (unpaired) electrons. The Bertz CT molecular complexity index is 1120. The Morgan fingerprint density at radius 1 is 1.16 bits per heavy atom. The molecule has 3 atom stereocenters. The van der Waals surface area contributed by atoms with Crippen molar-refractivity contribution in [3.63, 3.8) is 0 Å². The molecule has 2 aliphatic rings. The van der Waals surface area contributed by atoms with E-state index < -0.39 is 0 Å². The topological polar surface area (TPSA) is 101 Å². The zero-order valence-corrected chi connectivity index (χ0v) is 22.0. The van der Waals surface area contributed by atoms with E-state index in [1.807, 2.05) is 36.9 Å². The van der Waals surface area contributed by atoms with Crippen molar-refractivity contribution in [1.82, 2.24) is 14.8 Å². The third kappa shape index (κ3) is 6.65. The van der Waals surface area contributed by atoms with Gasteiger partial charge in [-0.3, -0.25) is 19.4 Å². The van der Waals surface area contributed by atoms with Crippen molar-refractivity contribution < 1.29 is 23.9 Å². The minimum absolute atomic E-state index is 0.0289. The summed E-state index contributed by atoms with van der Waals surface area (Å²) in [5.41, 5.74) is 1.63. The van der Waals surface area contributed by atoms with Crippen LogP contribution in [0.25, 0.3) is 0 Å². The van der Waals surface area contributed by atoms with Crippen LogP contribution >= 0.6 is 0 Å². The molecule has 0 bridgehead atoms. The number of pyridine rings is 1. The molecule has 9 heteroatoms. The number of amides is 3. The van der Waals surface area contributed by atoms with Crippen molar-refractivity contribution in [2.75, 3.05) is 39.2 Å². The number of carbonyl (C=O) groups excluding carboxylic acids is 3. The summed E-state index contributed by atoms with van der Waals surface area (Å²) in [5.74, 6) is 0.125. The second kappa shape index (κ2) is 11.7. The molecule has 0 unspecified atom stereocenters. The van der Waals surface area contributed by atoms with E-state index in [0.29, 0.717) is 35.8 Å². The molecule has 1 aromatic heterocycles. The molecule has 2 heterocycles. The van der Waals surface area contributed by atoms with Crippen LogP contribution in [0.15, 0.2) is 42.6 Å². The second-order valence-electron chi connectivity index (χ2n) is 10.1. The number of anilines is 1. The molecule has 1 aromatic carbocycles. The summed E-state index contributed by atoms with van der Waals surface area (Å²) in [7, 11) is 3.34. The van der Waals surface area contributed by atoms with Crippen molar-refractivity contribution in [3.8, 4) is 5.75 Å². The van der Waals surface area contributed by atoms with Gasteiger partial charge in [-0.2, -0.15) is 0 Å². The van der Waals surface area contributed by atoms with E-state index in [0.717, 1.165) is 12.8 Å². The van der Waals surface area contributed by atoms with Gasteiger partial charge in [0.1, 0.15) is 12.4 Å². The lowest BCUT2D eigenvalue weighted by molar-refractivity contribution is -0.134. The molecule has 1 fully saturated rings. The average molecular weight is 509 g/mol. The highest BCUT2D eigenvalue weighted by Gasteiger charge is 2.32. The molecule has 3 amide bonds. The lowest BCUT2D eigenvalue weighted by atomic mass is 10.0. The number of benzene rings is 1. The predicted octanol–water partition coefficient (Wildman–Crippen LogP) is 3.01. The zero-order chi connectivity index (χ0) is 26.5. The quantitative estimate of drug-likeness (QED) is 0.666. The molecule has 2 aromatic rings. The molecule has 0 spiro atoms. The van der Waals surface area contributed by atoms with Crippen molar-refractivity contribution >= 4 is 23.4 Å². The van der Waals surface area contributed by atoms with Crippen LogP contribution in [-0.4, -0.2) is 78.5 Å². The highest BCUT2D eigenvalue weighted by Crippen LogP contribution is 2.31. The molecule has 37 heavy (non-hydrogen) atoms. The normalized spacial score (nSPS) is 22.8. The fraction of sp³-hybridized carbons (Fsp3) is 0.500. The summed E-state index contributed by atoms with van der Waals surface area (Å²) in [6.07, 6.45) is 3.37. The van der Waals surface area contributed by atoms with Crippen LogP contribution < -0.4 is 10.1 Å². The highest BCUT2D eigenvalue weighted by atomic mass is 16.5. The molecule has 0 saturated heterocycles. The first-order valence-corrected chi connectivity index (χ1v) is 12.8. The van der Waals surface area contributed by atoms with Gasteiger partial charge in [-0.1, -0.05) is 13.0 Å². The van der Waals surface area contributed by atoms with Crippen LogP contribution in [0.4, 0.5) is 5.69 Å². The van der Waals surface area contributed by atoms with Gasteiger partial charge < -0.3 is 24.6 Å². The fourth-order valence-corrected chi connectivity index (χ4v) is 4.55. The third-order valence-corrected chi connectivity index (χ3v) is 7.04. The van der Waals surface area contributed by atoms with Gasteiger partial charge >= 0.3 is 0 Å². The second-order valence-corrected chi connectivity index (χ2v) is 10.1. The maximum absolute atomic E-state index is 13.5. The minimum atomic E-state index is -0.284. The molecule has 9 nitrogen and oxygen atoms in total. The molecule has 1 saturated carbocycles. The average Bonchev–Trinajstić information content (AvgIpc) is 3.74. The summed E-state index contributed by atoms with van der Waals surface area (Å²) in [4.78, 5) is 46.9. The largest absolute Gasteiger partial charge is 0.491 e. The molecule has 1 aliphatic heterocycles. The standard InChI is InChI=1S/C28H36N4O5/c1-18-15-32(26(33)14-21-7-5-6-12-29-21)19(2)17-37-24-11-10-22(30-27(34)20-8-9-20)13-23(24)28(35)31(3)16-25(18)36-4/h5-7,10-13,18-20,25H,8-9,14-17H2,1-4H3,(H,30,34)/t18-,19-,25-/m0/s1. The summed E-state index contributed by atoms with van der Waals surface area (Å²) in [6.45, 7) is 4.96. The molecule has 1 N–H and O–H groups in total. The maximum atomic E-state index is 13.5. The maximum Gasteiger partial charge on any atom is 0.257 e. The number of carbonyl (C=O) groups is 3. The Morgan fingerprint density at radius 2 is 1.95 bits per heavy atom. The number of likely N-dealkylation sites (N-methyl/N-ethyl adjacent to an activating group) is 1. The predicted molar refractivity (Wildman–Crippen MR) is 139 cm³/mol. The lowest BCUT2D eigenvalue weighted by Crippen LogP contribution is -2.49. The number of hydrogen-bond acceptors (Lipinski definition) is 6. The number of rotatable bonds is 5. The number of nitrogens with zero attached hydrogens (tertiary/aromatic N) is 3. The Balaban J connectivity index is 1.61. The molecule has 4 rings (SSSR count). The Morgan fingerprint density at radius 3 is 2.62 bits per heavy atom. The lowest BCUT2D eigenvalue weighted by Gasteiger charge is -2.36. The smallest absolute Gasteiger partial charge is 0.257 e. The van der Waals surface area contributed by atoms with Gasteiger partial charge in [0.05, 0.1) is 24.1 Å². The van der Waals surface area contributed by atoms with Gasteiger partial charge in [-0.15, -0.1) is 0 Å². The number of aromatic nitrogens is 1. The van der Waals surface area contributed by atoms with Crippen LogP contribution in [-0.2, 0) is 20.7 Å². The van der Waals surface area contributed by atoms with Gasteiger partial charge in [0.25, 0.3) is 5.91 Å². The van der Waals surface area contributed by atoms with Crippen molar-refractivity contribution in [2.24, 2.45) is 11.8 Å². The number of nitrogens with one attached hydrogen (secondary N) is 1. The van der Waals surface area contributed by atoms with Gasteiger partial charge in [0.2, 0.25) is 11.8 Å². The molecule has 198 valence electrons. The molecular weight excluding hydrogens is 472 g/mol. The highest BCUT2D eigenvalue weighted by molar-refractivity contribution is 6.00. The van der Waals surface area contributed by atoms with E-state index >= 15 is 0 Å². The first kappa shape index (κ1) is 26.6. The SMILES string of the molecule is CO[C@H]1CN(C)C(=O)c2cc(NC(=O)C3CC3)ccc2OC[C@H](C)N(C(=O)Cc2ccccn2)C[C@@H]1C. The number of hydrogen-bond donors (Lipinski definition) is 1. The van der Waals surface area contributed by atoms with Crippen molar-refractivity contribution in [3.05, 3.63) is 53.9 Å². The van der Waals surface area contributed by atoms with Crippen molar-refractivity contribution in [1.29, 1.82) is 0 Å². The van der Waals surface area contributed by atoms with E-state index in [-0.39, 0.29) is 54.7 Å². The van der Waals surface area contributed by atoms with Crippen LogP contribution in [0.1, 0.15) is 42.7 Å². The Hall–Kier alpha value is -3.46. The van der Waals surface area contributed by atoms with E-state index in [1.54, 1.807) is 43.5 Å². The van der Waals surface area contributed by atoms with Crippen LogP contribution in [0.5, 0.6) is 5.75 Å². The number of ether oxygens (including phenoxy) is 2. The van der Waals surface area contributed by atoms with Crippen LogP contribution in [0.2, 0.25) is 0 Å². The first-order valence-electron chi connectivity index (χ1n) is 12.8. The van der Waals surface area contributed by atoms with E-state index in [1.165, 1.54) is 0 Å². The Labute approximate surface area is 218 Å². The van der Waals surface area contributed by atoms with Gasteiger partial charge in [0.15, 0.2) is 0 Å². The monoisotopic (exact) mass is 508 g/mol. The van der Waals surface area contributed by atoms with E-state index in [2.05, 4.69) is 10.3 Å². The summed E-state index contributed by atoms with van der Waals surface area (Å²) < 4.78 is 11.9. The Kier molecular flexibility index (Phi) is 8.43. The molecule has 1 aliphatic carbocycles. The zero-order valence-electron chi connectivity index (χ0n) is 22.0. The van der Waals surface area contributed by atoms with Gasteiger partial charge in [0, 0.05) is 56.7 Å². The summed E-state index contributed by atoms with van der Waals surface area (Å²) in [5, 5.41) is 2.91. The van der Waals surface area contributed by atoms with Crippen LogP contribution in [0.3, 0.4) is 0 Å². The third-order valence-electron chi connectivity index (χ3n) is 7.04. The molecular formula is C28H36N4O5. The number of fused-ring (bicyclic) bond motifs is 1.